The number of rotatable bonds is 8. The lowest BCUT2D eigenvalue weighted by atomic mass is 9.88. The van der Waals surface area contributed by atoms with E-state index in [9.17, 15) is 18.8 Å². The Kier molecular flexibility index (Phi) is 10.7. The van der Waals surface area contributed by atoms with Gasteiger partial charge in [-0.15, -0.1) is 0 Å². The van der Waals surface area contributed by atoms with E-state index in [-0.39, 0.29) is 18.9 Å². The number of ether oxygens (including phenoxy) is 2. The van der Waals surface area contributed by atoms with E-state index in [4.69, 9.17) is 14.7 Å². The number of amides is 3. The molecular formula is C27H34FN3O6. The molecule has 0 aliphatic carbocycles. The zero-order chi connectivity index (χ0) is 26.6. The summed E-state index contributed by atoms with van der Waals surface area (Å²) in [5, 5.41) is 14.8. The molecule has 2 bridgehead atoms. The van der Waals surface area contributed by atoms with Crippen LogP contribution in [-0.2, 0) is 27.3 Å². The molecule has 4 rings (SSSR count). The number of hydrogen-bond acceptors (Lipinski definition) is 6. The summed E-state index contributed by atoms with van der Waals surface area (Å²) in [5.41, 5.74) is 3.30. The number of hydrogen-bond donors (Lipinski definition) is 4. The number of halogens is 1. The van der Waals surface area contributed by atoms with Gasteiger partial charge < -0.3 is 20.1 Å². The van der Waals surface area contributed by atoms with Crippen molar-refractivity contribution in [1.29, 1.82) is 0 Å². The van der Waals surface area contributed by atoms with Crippen molar-refractivity contribution in [3.63, 3.8) is 0 Å². The number of carbonyl (C=O) groups excluding carboxylic acids is 3. The first-order chi connectivity index (χ1) is 17.9. The van der Waals surface area contributed by atoms with Gasteiger partial charge >= 0.3 is 0 Å². The first-order valence-corrected chi connectivity index (χ1v) is 12.4. The first-order valence-electron chi connectivity index (χ1n) is 12.4. The standard InChI is InChI=1S/C27H34FN3O6/c1-18-23(26(33)31-35)4-2-14-36-21-9-5-19(6-10-21)16-24(30-25(18)32)27(34)29-17-20-7-11-22(12-8-20)37-15-3-13-28/h5-12,18,23-24,35H,2-4,13-17H2,1H3,(H,29,34)(H,30,32)(H,31,33)/t18-,23+,24+/m1/s1. The molecule has 2 heterocycles. The normalized spacial score (nSPS) is 20.2. The first kappa shape index (κ1) is 27.9. The monoisotopic (exact) mass is 515 g/mol. The fraction of sp³-hybridized carbons (Fsp3) is 0.444. The number of carbonyl (C=O) groups is 3. The second kappa shape index (κ2) is 14.2. The largest absolute Gasteiger partial charge is 0.494 e. The average Bonchev–Trinajstić information content (AvgIpc) is 2.92. The molecule has 0 fully saturated rings. The Bertz CT molecular complexity index is 1030. The molecule has 37 heavy (non-hydrogen) atoms. The van der Waals surface area contributed by atoms with E-state index >= 15 is 0 Å². The Hall–Kier alpha value is -3.66. The van der Waals surface area contributed by atoms with Crippen LogP contribution in [0, 0.1) is 11.8 Å². The van der Waals surface area contributed by atoms with Crippen molar-refractivity contribution >= 4 is 17.7 Å². The molecule has 4 N–H and O–H groups in total. The van der Waals surface area contributed by atoms with Gasteiger partial charge in [0.05, 0.1) is 25.8 Å². The molecule has 0 radical (unpaired) electrons. The number of nitrogens with one attached hydrogen (secondary N) is 3. The van der Waals surface area contributed by atoms with Gasteiger partial charge in [-0.25, -0.2) is 5.48 Å². The van der Waals surface area contributed by atoms with Crippen LogP contribution in [0.25, 0.3) is 0 Å². The maximum Gasteiger partial charge on any atom is 0.247 e. The molecule has 3 amide bonds. The molecule has 2 aromatic rings. The van der Waals surface area contributed by atoms with Crippen molar-refractivity contribution in [3.05, 3.63) is 59.7 Å². The summed E-state index contributed by atoms with van der Waals surface area (Å²) < 4.78 is 23.4. The zero-order valence-electron chi connectivity index (χ0n) is 20.9. The van der Waals surface area contributed by atoms with Crippen LogP contribution in [0.2, 0.25) is 0 Å². The minimum Gasteiger partial charge on any atom is -0.494 e. The highest BCUT2D eigenvalue weighted by Gasteiger charge is 2.32. The van der Waals surface area contributed by atoms with Crippen LogP contribution in [0.3, 0.4) is 0 Å². The molecule has 0 saturated heterocycles. The highest BCUT2D eigenvalue weighted by atomic mass is 19.1. The molecule has 0 spiro atoms. The Morgan fingerprint density at radius 2 is 1.86 bits per heavy atom. The van der Waals surface area contributed by atoms with E-state index in [0.29, 0.717) is 44.0 Å². The second-order valence-electron chi connectivity index (χ2n) is 9.02. The predicted octanol–water partition coefficient (Wildman–Crippen LogP) is 2.70. The van der Waals surface area contributed by atoms with Crippen molar-refractivity contribution < 1.29 is 33.5 Å². The third-order valence-corrected chi connectivity index (χ3v) is 6.33. The number of fused-ring (bicyclic) bond motifs is 11. The van der Waals surface area contributed by atoms with Crippen LogP contribution in [0.15, 0.2) is 48.5 Å². The summed E-state index contributed by atoms with van der Waals surface area (Å²) in [6.07, 6.45) is 1.39. The van der Waals surface area contributed by atoms with Crippen LogP contribution < -0.4 is 25.6 Å². The molecule has 2 aromatic carbocycles. The zero-order valence-corrected chi connectivity index (χ0v) is 20.9. The summed E-state index contributed by atoms with van der Waals surface area (Å²) >= 11 is 0. The van der Waals surface area contributed by atoms with Gasteiger partial charge in [0.15, 0.2) is 0 Å². The van der Waals surface area contributed by atoms with E-state index < -0.39 is 36.4 Å². The van der Waals surface area contributed by atoms with E-state index in [1.807, 2.05) is 12.1 Å². The van der Waals surface area contributed by atoms with Crippen molar-refractivity contribution in [2.45, 2.75) is 45.2 Å². The Morgan fingerprint density at radius 1 is 1.14 bits per heavy atom. The Labute approximate surface area is 215 Å². The lowest BCUT2D eigenvalue weighted by molar-refractivity contribution is -0.141. The van der Waals surface area contributed by atoms with Gasteiger partial charge in [-0.05, 0) is 48.2 Å². The maximum absolute atomic E-state index is 13.2. The third-order valence-electron chi connectivity index (χ3n) is 6.33. The van der Waals surface area contributed by atoms with Crippen LogP contribution in [0.1, 0.15) is 37.3 Å². The minimum atomic E-state index is -0.884. The van der Waals surface area contributed by atoms with Crippen molar-refractivity contribution in [3.8, 4) is 11.5 Å². The van der Waals surface area contributed by atoms with Crippen molar-refractivity contribution in [1.82, 2.24) is 16.1 Å². The van der Waals surface area contributed by atoms with E-state index in [0.717, 1.165) is 11.1 Å². The topological polar surface area (TPSA) is 126 Å². The van der Waals surface area contributed by atoms with Crippen molar-refractivity contribution in [2.24, 2.45) is 11.8 Å². The molecule has 200 valence electrons. The molecular weight excluding hydrogens is 481 g/mol. The molecule has 2 aliphatic heterocycles. The van der Waals surface area contributed by atoms with Gasteiger partial charge in [0.2, 0.25) is 17.7 Å². The average molecular weight is 516 g/mol. The van der Waals surface area contributed by atoms with E-state index in [2.05, 4.69) is 10.6 Å². The quantitative estimate of drug-likeness (QED) is 0.243. The number of benzene rings is 2. The second-order valence-corrected chi connectivity index (χ2v) is 9.02. The van der Waals surface area contributed by atoms with Gasteiger partial charge in [0.1, 0.15) is 17.5 Å². The summed E-state index contributed by atoms with van der Waals surface area (Å²) in [4.78, 5) is 38.5. The summed E-state index contributed by atoms with van der Waals surface area (Å²) in [6.45, 7) is 2.04. The van der Waals surface area contributed by atoms with Gasteiger partial charge in [-0.2, -0.15) is 0 Å². The third kappa shape index (κ3) is 8.45. The van der Waals surface area contributed by atoms with Gasteiger partial charge in [-0.3, -0.25) is 24.0 Å². The van der Waals surface area contributed by atoms with Gasteiger partial charge in [0, 0.05) is 25.3 Å². The number of hydroxylamine groups is 1. The summed E-state index contributed by atoms with van der Waals surface area (Å²) in [6, 6.07) is 13.5. The maximum atomic E-state index is 13.2. The molecule has 10 heteroatoms. The van der Waals surface area contributed by atoms with Crippen LogP contribution in [0.4, 0.5) is 4.39 Å². The Balaban J connectivity index is 1.71. The predicted molar refractivity (Wildman–Crippen MR) is 134 cm³/mol. The molecule has 3 atom stereocenters. The van der Waals surface area contributed by atoms with Crippen LogP contribution in [-0.4, -0.2) is 48.9 Å². The highest BCUT2D eigenvalue weighted by molar-refractivity contribution is 5.91. The lowest BCUT2D eigenvalue weighted by Gasteiger charge is -2.25. The molecule has 0 aromatic heterocycles. The smallest absolute Gasteiger partial charge is 0.247 e. The van der Waals surface area contributed by atoms with E-state index in [1.54, 1.807) is 48.8 Å². The Morgan fingerprint density at radius 3 is 2.54 bits per heavy atom. The summed E-state index contributed by atoms with van der Waals surface area (Å²) in [7, 11) is 0. The highest BCUT2D eigenvalue weighted by Crippen LogP contribution is 2.21. The van der Waals surface area contributed by atoms with Gasteiger partial charge in [0.25, 0.3) is 0 Å². The van der Waals surface area contributed by atoms with Gasteiger partial charge in [-0.1, -0.05) is 31.2 Å². The molecule has 0 saturated carbocycles. The minimum absolute atomic E-state index is 0.230. The molecule has 9 nitrogen and oxygen atoms in total. The number of alkyl halides is 1. The van der Waals surface area contributed by atoms with Crippen molar-refractivity contribution in [2.75, 3.05) is 19.9 Å². The molecule has 0 unspecified atom stereocenters. The SMILES string of the molecule is C[C@H]1C(=O)N[C@H](C(=O)NCc2ccc(OCCCF)cc2)Cc2ccc(cc2)OCCC[C@@H]1C(=O)NO. The van der Waals surface area contributed by atoms with Crippen LogP contribution >= 0.6 is 0 Å². The fourth-order valence-corrected chi connectivity index (χ4v) is 4.10. The van der Waals surface area contributed by atoms with Crippen LogP contribution in [0.5, 0.6) is 11.5 Å². The fourth-order valence-electron chi connectivity index (χ4n) is 4.10. The molecule has 2 aliphatic rings. The summed E-state index contributed by atoms with van der Waals surface area (Å²) in [5.74, 6) is -1.78. The lowest BCUT2D eigenvalue weighted by Crippen LogP contribution is -2.51. The van der Waals surface area contributed by atoms with E-state index in [1.165, 1.54) is 0 Å².